The van der Waals surface area contributed by atoms with E-state index in [0.29, 0.717) is 23.0 Å². The molecule has 22 heavy (non-hydrogen) atoms. The molecule has 3 rings (SSSR count). The zero-order valence-electron chi connectivity index (χ0n) is 11.5. The minimum Gasteiger partial charge on any atom is -0.467 e. The Balaban J connectivity index is 1.64. The van der Waals surface area contributed by atoms with Crippen LogP contribution in [0.25, 0.3) is 0 Å². The number of hydrogen-bond donors (Lipinski definition) is 1. The summed E-state index contributed by atoms with van der Waals surface area (Å²) in [4.78, 5) is 11.0. The van der Waals surface area contributed by atoms with Crippen LogP contribution >= 0.6 is 11.8 Å². The Kier molecular flexibility index (Phi) is 4.19. The van der Waals surface area contributed by atoms with E-state index in [1.165, 1.54) is 11.8 Å². The number of primary amides is 1. The summed E-state index contributed by atoms with van der Waals surface area (Å²) in [5.74, 6) is 1.05. The highest BCUT2D eigenvalue weighted by molar-refractivity contribution is 7.98. The molecular weight excluding hydrogens is 302 g/mol. The second-order valence-electron chi connectivity index (χ2n) is 4.55. The second kappa shape index (κ2) is 6.44. The van der Waals surface area contributed by atoms with Crippen molar-refractivity contribution in [1.82, 2.24) is 20.2 Å². The van der Waals surface area contributed by atoms with Crippen molar-refractivity contribution in [2.75, 3.05) is 0 Å². The van der Waals surface area contributed by atoms with E-state index in [1.54, 1.807) is 23.1 Å². The number of nitrogens with zero attached hydrogens (tertiary/aromatic N) is 4. The molecule has 2 heterocycles. The van der Waals surface area contributed by atoms with Gasteiger partial charge in [0.25, 0.3) is 0 Å². The van der Waals surface area contributed by atoms with Gasteiger partial charge in [0.2, 0.25) is 11.1 Å². The van der Waals surface area contributed by atoms with E-state index in [4.69, 9.17) is 10.2 Å². The smallest absolute Gasteiger partial charge is 0.248 e. The minimum absolute atomic E-state index is 0.429. The van der Waals surface area contributed by atoms with Crippen molar-refractivity contribution in [3.63, 3.8) is 0 Å². The number of rotatable bonds is 6. The molecule has 112 valence electrons. The van der Waals surface area contributed by atoms with Gasteiger partial charge in [0, 0.05) is 11.3 Å². The fraction of sp³-hybridized carbons (Fsp3) is 0.143. The van der Waals surface area contributed by atoms with Crippen LogP contribution in [0.3, 0.4) is 0 Å². The number of benzene rings is 1. The zero-order valence-corrected chi connectivity index (χ0v) is 12.4. The first-order valence-corrected chi connectivity index (χ1v) is 7.51. The molecular formula is C14H13N5O2S. The number of carbonyl (C=O) groups excluding carboxylic acids is 1. The lowest BCUT2D eigenvalue weighted by Crippen LogP contribution is -2.10. The molecule has 1 amide bonds. The summed E-state index contributed by atoms with van der Waals surface area (Å²) in [5, 5.41) is 12.4. The fourth-order valence-corrected chi connectivity index (χ4v) is 2.69. The molecule has 0 unspecified atom stereocenters. The summed E-state index contributed by atoms with van der Waals surface area (Å²) in [5.41, 5.74) is 6.77. The van der Waals surface area contributed by atoms with Gasteiger partial charge in [-0.25, -0.2) is 4.68 Å². The third-order valence-corrected chi connectivity index (χ3v) is 4.02. The van der Waals surface area contributed by atoms with Gasteiger partial charge in [-0.3, -0.25) is 4.79 Å². The summed E-state index contributed by atoms with van der Waals surface area (Å²) in [7, 11) is 0. The van der Waals surface area contributed by atoms with E-state index in [0.717, 1.165) is 11.3 Å². The molecule has 2 aromatic heterocycles. The Bertz CT molecular complexity index is 752. The normalized spacial score (nSPS) is 10.7. The molecule has 3 aromatic rings. The highest BCUT2D eigenvalue weighted by Gasteiger charge is 2.09. The van der Waals surface area contributed by atoms with Gasteiger partial charge in [-0.05, 0) is 40.3 Å². The van der Waals surface area contributed by atoms with Gasteiger partial charge in [-0.1, -0.05) is 23.9 Å². The number of aromatic nitrogens is 4. The van der Waals surface area contributed by atoms with E-state index in [9.17, 15) is 4.79 Å². The number of thioether (sulfide) groups is 1. The molecule has 0 aliphatic carbocycles. The van der Waals surface area contributed by atoms with Gasteiger partial charge in [-0.2, -0.15) is 0 Å². The van der Waals surface area contributed by atoms with Crippen molar-refractivity contribution >= 4 is 17.7 Å². The molecule has 0 fully saturated rings. The van der Waals surface area contributed by atoms with Gasteiger partial charge in [0.15, 0.2) is 0 Å². The molecule has 0 spiro atoms. The van der Waals surface area contributed by atoms with Crippen molar-refractivity contribution in [3.8, 4) is 0 Å². The van der Waals surface area contributed by atoms with Crippen molar-refractivity contribution in [1.29, 1.82) is 0 Å². The lowest BCUT2D eigenvalue weighted by molar-refractivity contribution is 0.100. The number of carbonyl (C=O) groups is 1. The lowest BCUT2D eigenvalue weighted by atomic mass is 10.1. The van der Waals surface area contributed by atoms with Gasteiger partial charge in [0.05, 0.1) is 6.26 Å². The summed E-state index contributed by atoms with van der Waals surface area (Å²) in [6.45, 7) is 0.489. The van der Waals surface area contributed by atoms with Crippen LogP contribution in [0.4, 0.5) is 0 Å². The maximum Gasteiger partial charge on any atom is 0.248 e. The third-order valence-electron chi connectivity index (χ3n) is 2.99. The maximum absolute atomic E-state index is 11.0. The van der Waals surface area contributed by atoms with E-state index >= 15 is 0 Å². The summed E-state index contributed by atoms with van der Waals surface area (Å²) >= 11 is 1.51. The van der Waals surface area contributed by atoms with Gasteiger partial charge >= 0.3 is 0 Å². The molecule has 0 saturated heterocycles. The molecule has 0 radical (unpaired) electrons. The first kappa shape index (κ1) is 14.3. The molecule has 0 bridgehead atoms. The first-order chi connectivity index (χ1) is 10.7. The average Bonchev–Trinajstić information content (AvgIpc) is 3.18. The monoisotopic (exact) mass is 315 g/mol. The van der Waals surface area contributed by atoms with Crippen molar-refractivity contribution in [3.05, 3.63) is 59.5 Å². The minimum atomic E-state index is -0.429. The Morgan fingerprint density at radius 3 is 2.77 bits per heavy atom. The maximum atomic E-state index is 11.0. The van der Waals surface area contributed by atoms with Gasteiger partial charge in [0.1, 0.15) is 12.3 Å². The predicted molar refractivity (Wildman–Crippen MR) is 80.1 cm³/mol. The number of furan rings is 1. The fourth-order valence-electron chi connectivity index (χ4n) is 1.86. The molecule has 2 N–H and O–H groups in total. The quantitative estimate of drug-likeness (QED) is 0.695. The SMILES string of the molecule is NC(=O)c1ccc(CSc2nnnn2Cc2ccco2)cc1. The number of nitrogens with two attached hydrogens (primary N) is 1. The highest BCUT2D eigenvalue weighted by Crippen LogP contribution is 2.21. The largest absolute Gasteiger partial charge is 0.467 e. The van der Waals surface area contributed by atoms with Crippen LogP contribution in [-0.4, -0.2) is 26.1 Å². The van der Waals surface area contributed by atoms with E-state index < -0.39 is 5.91 Å². The standard InChI is InChI=1S/C14H13N5O2S/c15-13(20)11-5-3-10(4-6-11)9-22-14-16-17-18-19(14)8-12-2-1-7-21-12/h1-7H,8-9H2,(H2,15,20). The third kappa shape index (κ3) is 3.34. The van der Waals surface area contributed by atoms with Crippen LogP contribution < -0.4 is 5.73 Å². The second-order valence-corrected chi connectivity index (χ2v) is 5.49. The van der Waals surface area contributed by atoms with Gasteiger partial charge < -0.3 is 10.2 Å². The van der Waals surface area contributed by atoms with Gasteiger partial charge in [-0.15, -0.1) is 5.10 Å². The van der Waals surface area contributed by atoms with Crippen LogP contribution in [0.15, 0.2) is 52.2 Å². The highest BCUT2D eigenvalue weighted by atomic mass is 32.2. The average molecular weight is 315 g/mol. The molecule has 0 aliphatic rings. The Morgan fingerprint density at radius 1 is 1.27 bits per heavy atom. The zero-order chi connectivity index (χ0) is 15.4. The van der Waals surface area contributed by atoms with E-state index in [1.807, 2.05) is 24.3 Å². The van der Waals surface area contributed by atoms with Crippen LogP contribution in [0, 0.1) is 0 Å². The van der Waals surface area contributed by atoms with E-state index in [2.05, 4.69) is 15.5 Å². The molecule has 0 atom stereocenters. The number of tetrazole rings is 1. The molecule has 7 nitrogen and oxygen atoms in total. The molecule has 1 aromatic carbocycles. The van der Waals surface area contributed by atoms with Crippen LogP contribution in [0.5, 0.6) is 0 Å². The van der Waals surface area contributed by atoms with Crippen molar-refractivity contribution in [2.24, 2.45) is 5.73 Å². The number of amides is 1. The summed E-state index contributed by atoms with van der Waals surface area (Å²) < 4.78 is 6.97. The first-order valence-electron chi connectivity index (χ1n) is 6.52. The van der Waals surface area contributed by atoms with Crippen molar-refractivity contribution < 1.29 is 9.21 Å². The Hall–Kier alpha value is -2.61. The molecule has 0 saturated carbocycles. The topological polar surface area (TPSA) is 99.8 Å². The molecule has 8 heteroatoms. The van der Waals surface area contributed by atoms with E-state index in [-0.39, 0.29) is 0 Å². The summed E-state index contributed by atoms with van der Waals surface area (Å²) in [6, 6.07) is 10.9. The van der Waals surface area contributed by atoms with Crippen LogP contribution in [0.2, 0.25) is 0 Å². The number of hydrogen-bond acceptors (Lipinski definition) is 6. The Morgan fingerprint density at radius 2 is 2.09 bits per heavy atom. The van der Waals surface area contributed by atoms with Crippen LogP contribution in [-0.2, 0) is 12.3 Å². The van der Waals surface area contributed by atoms with Crippen molar-refractivity contribution in [2.45, 2.75) is 17.5 Å². The molecule has 0 aliphatic heterocycles. The lowest BCUT2D eigenvalue weighted by Gasteiger charge is -2.03. The summed E-state index contributed by atoms with van der Waals surface area (Å²) in [6.07, 6.45) is 1.62. The van der Waals surface area contributed by atoms with Crippen LogP contribution in [0.1, 0.15) is 21.7 Å². The predicted octanol–water partition coefficient (Wildman–Crippen LogP) is 1.71. The Labute approximate surface area is 130 Å².